The molecule has 1 unspecified atom stereocenters. The van der Waals surface area contributed by atoms with Crippen molar-refractivity contribution < 1.29 is 57.8 Å². The summed E-state index contributed by atoms with van der Waals surface area (Å²) < 4.78 is 0. The van der Waals surface area contributed by atoms with Crippen LogP contribution in [-0.2, 0) is 83.5 Å². The van der Waals surface area contributed by atoms with E-state index in [-0.39, 0.29) is 50.4 Å². The van der Waals surface area contributed by atoms with Crippen molar-refractivity contribution in [3.8, 4) is 0 Å². The summed E-state index contributed by atoms with van der Waals surface area (Å²) in [6.45, 7) is 15.6. The molecule has 25 heteroatoms. The Balaban J connectivity index is 0.958. The number of likely N-dealkylation sites (tertiary alicyclic amines) is 1. The number of carbonyl (C=O) groups excluding carboxylic acids is 11. The molecule has 1 saturated heterocycles. The van der Waals surface area contributed by atoms with Gasteiger partial charge in [0.2, 0.25) is 65.0 Å². The van der Waals surface area contributed by atoms with Crippen molar-refractivity contribution in [3.63, 3.8) is 0 Å². The number of nitrogens with zero attached hydrogens (tertiary/aromatic N) is 1. The molecule has 6 rings (SSSR count). The molecule has 540 valence electrons. The van der Waals surface area contributed by atoms with Gasteiger partial charge in [-0.1, -0.05) is 168 Å². The standard InChI is InChI=1S/C75H101N11O12S2/c1-10-22-58(81-70(94)60(80-64(89)39-48(6)87)43-56-31-20-30-55-29-17-18-32-57(55)56)69(93)78-50(8)68(92)82-59(41-51-23-13-11-14-24-51)71(95)85-75(9,47(4)5)74(98)79-49(7)67(91)77-35-38-100-45-54-28-19-27-53(40-54)44-99-37-34-63(88)84-65(46(2)3)72(96)83-61(42-52-25-15-12-16-26-52)73(97)86-36-21-33-62(86)66(76)90/h11-20,23-32,40,46-50,58-62,65,87H,10,21-22,33-39,41-45H2,1-9H3,(H2,76,90)(H,77,91)(H,78,93)(H,79,98)(H,80,89)(H,81,94)(H,82,92)(H,83,96)(H,84,88)(H,85,95)/t48-,49+,50+,58+,59+,60+,61+,62+,65?,75+/m1/s1. The Morgan fingerprint density at radius 1 is 0.570 bits per heavy atom. The molecule has 0 radical (unpaired) electrons. The number of primary amides is 1. The minimum Gasteiger partial charge on any atom is -0.393 e. The van der Waals surface area contributed by atoms with Crippen molar-refractivity contribution in [2.45, 2.75) is 192 Å². The highest BCUT2D eigenvalue weighted by molar-refractivity contribution is 7.98. The van der Waals surface area contributed by atoms with E-state index in [1.54, 1.807) is 81.6 Å². The minimum absolute atomic E-state index is 0.00403. The zero-order valence-corrected chi connectivity index (χ0v) is 60.5. The second-order valence-electron chi connectivity index (χ2n) is 26.5. The summed E-state index contributed by atoms with van der Waals surface area (Å²) in [6.07, 6.45) is 0.932. The minimum atomic E-state index is -1.58. The molecule has 11 amide bonds. The fourth-order valence-electron chi connectivity index (χ4n) is 11.6. The molecule has 0 bridgehead atoms. The van der Waals surface area contributed by atoms with Crippen LogP contribution in [0.2, 0.25) is 0 Å². The van der Waals surface area contributed by atoms with Crippen molar-refractivity contribution in [1.82, 2.24) is 52.8 Å². The SMILES string of the molecule is CCC[C@H](NC(=O)[C@H](Cc1cccc2ccccc12)NC(=O)C[C@@H](C)O)C(=O)N[C@@H](C)C(=O)N[C@@H](Cc1ccccc1)C(=O)N[C@](C)(C(=O)N[C@@H](C)C(=O)NCCSCc1cccc(CSCCC(=O)NC(C(=O)N[C@@H](Cc2ccccc2)C(=O)N2CCC[C@H]2C(N)=O)C(C)C)c1)C(C)C. The Morgan fingerprint density at radius 2 is 1.12 bits per heavy atom. The van der Waals surface area contributed by atoms with Gasteiger partial charge in [0.05, 0.1) is 12.5 Å². The third-order valence-electron chi connectivity index (χ3n) is 17.6. The van der Waals surface area contributed by atoms with Gasteiger partial charge < -0.3 is 63.6 Å². The van der Waals surface area contributed by atoms with Crippen molar-refractivity contribution in [3.05, 3.63) is 155 Å². The highest BCUT2D eigenvalue weighted by Crippen LogP contribution is 2.24. The van der Waals surface area contributed by atoms with Crippen LogP contribution in [0.25, 0.3) is 10.8 Å². The summed E-state index contributed by atoms with van der Waals surface area (Å²) in [6, 6.07) is 31.1. The summed E-state index contributed by atoms with van der Waals surface area (Å²) in [5.74, 6) is -4.64. The van der Waals surface area contributed by atoms with Crippen LogP contribution >= 0.6 is 23.5 Å². The van der Waals surface area contributed by atoms with Gasteiger partial charge in [0.1, 0.15) is 53.9 Å². The lowest BCUT2D eigenvalue weighted by Crippen LogP contribution is -2.65. The van der Waals surface area contributed by atoms with Gasteiger partial charge in [-0.3, -0.25) is 52.7 Å². The van der Waals surface area contributed by atoms with E-state index < -0.39 is 125 Å². The number of benzene rings is 5. The molecule has 5 aromatic carbocycles. The number of nitrogens with two attached hydrogens (primary N) is 1. The fourth-order valence-corrected chi connectivity index (χ4v) is 13.3. The molecule has 12 N–H and O–H groups in total. The Bertz CT molecular complexity index is 3600. The fraction of sp³-hybridized carbons (Fsp3) is 0.480. The first-order chi connectivity index (χ1) is 47.7. The van der Waals surface area contributed by atoms with E-state index in [2.05, 4.69) is 53.9 Å². The third kappa shape index (κ3) is 24.8. The monoisotopic (exact) mass is 1410 g/mol. The van der Waals surface area contributed by atoms with Gasteiger partial charge in [0.25, 0.3) is 0 Å². The smallest absolute Gasteiger partial charge is 0.246 e. The predicted molar refractivity (Wildman–Crippen MR) is 391 cm³/mol. The number of rotatable bonds is 39. The van der Waals surface area contributed by atoms with Gasteiger partial charge in [-0.05, 0) is 97.4 Å². The Labute approximate surface area is 595 Å². The van der Waals surface area contributed by atoms with Crippen molar-refractivity contribution in [1.29, 1.82) is 0 Å². The molecule has 0 saturated carbocycles. The maximum absolute atomic E-state index is 14.5. The predicted octanol–water partition coefficient (Wildman–Crippen LogP) is 5.21. The van der Waals surface area contributed by atoms with Gasteiger partial charge >= 0.3 is 0 Å². The third-order valence-corrected chi connectivity index (χ3v) is 19.7. The summed E-state index contributed by atoms with van der Waals surface area (Å²) in [7, 11) is 0. The van der Waals surface area contributed by atoms with Gasteiger partial charge in [0, 0.05) is 61.8 Å². The van der Waals surface area contributed by atoms with E-state index in [1.807, 2.05) is 112 Å². The maximum atomic E-state index is 14.5. The molecule has 1 aliphatic rings. The van der Waals surface area contributed by atoms with Crippen LogP contribution in [0.1, 0.15) is 129 Å². The van der Waals surface area contributed by atoms with E-state index >= 15 is 0 Å². The molecule has 0 aliphatic carbocycles. The molecule has 1 heterocycles. The first kappa shape index (κ1) is 80.2. The summed E-state index contributed by atoms with van der Waals surface area (Å²) >= 11 is 3.19. The lowest BCUT2D eigenvalue weighted by molar-refractivity contribution is -0.141. The number of aliphatic hydroxyl groups excluding tert-OH is 1. The number of amides is 11. The van der Waals surface area contributed by atoms with Gasteiger partial charge in [-0.25, -0.2) is 0 Å². The average Bonchev–Trinajstić information content (AvgIpc) is 0.970. The zero-order valence-electron chi connectivity index (χ0n) is 58.9. The van der Waals surface area contributed by atoms with Crippen LogP contribution in [0.5, 0.6) is 0 Å². The first-order valence-electron chi connectivity index (χ1n) is 34.4. The van der Waals surface area contributed by atoms with Crippen molar-refractivity contribution in [2.24, 2.45) is 17.6 Å². The highest BCUT2D eigenvalue weighted by Gasteiger charge is 2.42. The van der Waals surface area contributed by atoms with Crippen LogP contribution in [0.4, 0.5) is 0 Å². The molecule has 1 aliphatic heterocycles. The molecular formula is C75H101N11O12S2. The summed E-state index contributed by atoms with van der Waals surface area (Å²) in [5, 5.41) is 37.0. The highest BCUT2D eigenvalue weighted by atomic mass is 32.2. The molecule has 0 aromatic heterocycles. The zero-order chi connectivity index (χ0) is 73.1. The number of thioether (sulfide) groups is 2. The normalized spacial score (nSPS) is 15.8. The molecular weight excluding hydrogens is 1310 g/mol. The van der Waals surface area contributed by atoms with Crippen molar-refractivity contribution in [2.75, 3.05) is 24.6 Å². The van der Waals surface area contributed by atoms with E-state index in [0.29, 0.717) is 60.9 Å². The second kappa shape index (κ2) is 39.8. The Hall–Kier alpha value is -8.81. The van der Waals surface area contributed by atoms with Crippen LogP contribution in [0, 0.1) is 11.8 Å². The molecule has 23 nitrogen and oxygen atoms in total. The maximum Gasteiger partial charge on any atom is 0.246 e. The number of carbonyl (C=O) groups is 11. The first-order valence-corrected chi connectivity index (χ1v) is 36.7. The Morgan fingerprint density at radius 3 is 1.74 bits per heavy atom. The lowest BCUT2D eigenvalue weighted by atomic mass is 9.86. The van der Waals surface area contributed by atoms with E-state index in [1.165, 1.54) is 18.7 Å². The van der Waals surface area contributed by atoms with Gasteiger partial charge in [-0.2, -0.15) is 23.5 Å². The molecule has 1 fully saturated rings. The molecule has 100 heavy (non-hydrogen) atoms. The van der Waals surface area contributed by atoms with Gasteiger partial charge in [-0.15, -0.1) is 0 Å². The number of aliphatic hydroxyl groups is 1. The summed E-state index contributed by atoms with van der Waals surface area (Å²) in [4.78, 5) is 152. The van der Waals surface area contributed by atoms with E-state index in [4.69, 9.17) is 5.73 Å². The number of hydrogen-bond acceptors (Lipinski definition) is 14. The largest absolute Gasteiger partial charge is 0.393 e. The van der Waals surface area contributed by atoms with Crippen molar-refractivity contribution >= 4 is 99.3 Å². The van der Waals surface area contributed by atoms with E-state index in [0.717, 1.165) is 33.0 Å². The van der Waals surface area contributed by atoms with Crippen LogP contribution in [0.3, 0.4) is 0 Å². The van der Waals surface area contributed by atoms with Crippen LogP contribution < -0.4 is 53.6 Å². The average molecular weight is 1410 g/mol. The quantitative estimate of drug-likeness (QED) is 0.0225. The van der Waals surface area contributed by atoms with Gasteiger partial charge in [0.15, 0.2) is 0 Å². The van der Waals surface area contributed by atoms with Crippen LogP contribution in [-0.4, -0.2) is 160 Å². The second-order valence-corrected chi connectivity index (χ2v) is 28.7. The number of fused-ring (bicyclic) bond motifs is 1. The molecule has 0 spiro atoms. The lowest BCUT2D eigenvalue weighted by Gasteiger charge is -2.35. The van der Waals surface area contributed by atoms with Crippen LogP contribution in [0.15, 0.2) is 127 Å². The number of hydrogen-bond donors (Lipinski definition) is 11. The number of nitrogens with one attached hydrogen (secondary N) is 9. The molecule has 5 aromatic rings. The Kier molecular flexibility index (Phi) is 31.9. The summed E-state index contributed by atoms with van der Waals surface area (Å²) in [5.41, 5.74) is 8.46. The topological polar surface area (TPSA) is 346 Å². The van der Waals surface area contributed by atoms with E-state index in [9.17, 15) is 57.8 Å². The molecule has 10 atom stereocenters.